The maximum atomic E-state index is 13.2. The number of benzene rings is 1. The monoisotopic (exact) mass is 320 g/mol. The number of carbonyl (C=O) groups is 1. The Morgan fingerprint density at radius 2 is 2.36 bits per heavy atom. The molecule has 3 rings (SSSR count). The molecule has 1 saturated heterocycles. The van der Waals surface area contributed by atoms with Gasteiger partial charge in [-0.05, 0) is 55.1 Å². The van der Waals surface area contributed by atoms with Gasteiger partial charge in [-0.3, -0.25) is 4.79 Å². The molecular weight excluding hydrogens is 303 g/mol. The third kappa shape index (κ3) is 3.24. The van der Waals surface area contributed by atoms with Gasteiger partial charge in [0.15, 0.2) is 0 Å². The Bertz CT molecular complexity index is 662. The maximum Gasteiger partial charge on any atom is 0.264 e. The number of carbonyl (C=O) groups excluding carboxylic acids is 1. The van der Waals surface area contributed by atoms with Crippen molar-refractivity contribution in [3.05, 3.63) is 40.7 Å². The van der Waals surface area contributed by atoms with Crippen LogP contribution >= 0.6 is 11.5 Å². The summed E-state index contributed by atoms with van der Waals surface area (Å²) >= 11 is 1.09. The van der Waals surface area contributed by atoms with E-state index in [-0.39, 0.29) is 17.8 Å². The standard InChI is InChI=1S/C15H17FN4OS/c1-10-7-11(16)4-5-13(10)20-6-2-3-12(9-20)18-15(21)14-8-17-19-22-14/h4-5,7-8,12H,2-3,6,9H2,1H3,(H,18,21). The molecule has 1 aliphatic rings. The number of nitrogens with one attached hydrogen (secondary N) is 1. The van der Waals surface area contributed by atoms with Crippen molar-refractivity contribution in [2.24, 2.45) is 0 Å². The molecule has 2 aromatic rings. The van der Waals surface area contributed by atoms with Gasteiger partial charge in [-0.15, -0.1) is 5.10 Å². The molecule has 1 aromatic heterocycles. The quantitative estimate of drug-likeness (QED) is 0.943. The molecule has 0 aliphatic carbocycles. The van der Waals surface area contributed by atoms with Gasteiger partial charge in [0.25, 0.3) is 5.91 Å². The summed E-state index contributed by atoms with van der Waals surface area (Å²) in [6.07, 6.45) is 3.40. The number of hydrogen-bond donors (Lipinski definition) is 1. The number of hydrogen-bond acceptors (Lipinski definition) is 5. The third-order valence-electron chi connectivity index (χ3n) is 3.84. The Hall–Kier alpha value is -2.02. The van der Waals surface area contributed by atoms with Gasteiger partial charge in [0.2, 0.25) is 0 Å². The molecule has 1 unspecified atom stereocenters. The van der Waals surface area contributed by atoms with Crippen LogP contribution in [0.2, 0.25) is 0 Å². The summed E-state index contributed by atoms with van der Waals surface area (Å²) < 4.78 is 16.9. The van der Waals surface area contributed by atoms with Crippen LogP contribution in [0.5, 0.6) is 0 Å². The summed E-state index contributed by atoms with van der Waals surface area (Å²) in [5.74, 6) is -0.349. The minimum atomic E-state index is -0.221. The average Bonchev–Trinajstić information content (AvgIpc) is 3.02. The second-order valence-corrected chi connectivity index (χ2v) is 6.26. The van der Waals surface area contributed by atoms with E-state index in [0.29, 0.717) is 4.88 Å². The topological polar surface area (TPSA) is 58.1 Å². The van der Waals surface area contributed by atoms with Crippen LogP contribution in [0.3, 0.4) is 0 Å². The van der Waals surface area contributed by atoms with E-state index < -0.39 is 0 Å². The largest absolute Gasteiger partial charge is 0.369 e. The molecule has 116 valence electrons. The Labute approximate surface area is 132 Å². The van der Waals surface area contributed by atoms with Crippen molar-refractivity contribution in [2.75, 3.05) is 18.0 Å². The molecule has 7 heteroatoms. The number of rotatable bonds is 3. The molecule has 2 heterocycles. The van der Waals surface area contributed by atoms with Crippen molar-refractivity contribution in [2.45, 2.75) is 25.8 Å². The van der Waals surface area contributed by atoms with Crippen molar-refractivity contribution < 1.29 is 9.18 Å². The number of amides is 1. The van der Waals surface area contributed by atoms with E-state index in [1.54, 1.807) is 6.07 Å². The highest BCUT2D eigenvalue weighted by atomic mass is 32.1. The second kappa shape index (κ2) is 6.39. The van der Waals surface area contributed by atoms with Gasteiger partial charge in [0, 0.05) is 24.8 Å². The van der Waals surface area contributed by atoms with Gasteiger partial charge in [-0.1, -0.05) is 4.49 Å². The predicted octanol–water partition coefficient (Wildman–Crippen LogP) is 2.38. The molecule has 0 spiro atoms. The Kier molecular flexibility index (Phi) is 4.33. The summed E-state index contributed by atoms with van der Waals surface area (Å²) in [6.45, 7) is 3.55. The van der Waals surface area contributed by atoms with Crippen LogP contribution in [-0.2, 0) is 0 Å². The fourth-order valence-corrected chi connectivity index (χ4v) is 3.23. The van der Waals surface area contributed by atoms with Crippen LogP contribution in [0.25, 0.3) is 0 Å². The molecule has 5 nitrogen and oxygen atoms in total. The molecule has 1 aliphatic heterocycles. The van der Waals surface area contributed by atoms with Gasteiger partial charge < -0.3 is 10.2 Å². The molecular formula is C15H17FN4OS. The molecule has 1 aromatic carbocycles. The summed E-state index contributed by atoms with van der Waals surface area (Å²) in [4.78, 5) is 14.8. The summed E-state index contributed by atoms with van der Waals surface area (Å²) in [5, 5.41) is 6.71. The van der Waals surface area contributed by atoms with E-state index in [2.05, 4.69) is 19.8 Å². The van der Waals surface area contributed by atoms with Crippen LogP contribution in [-0.4, -0.2) is 34.6 Å². The zero-order valence-electron chi connectivity index (χ0n) is 12.3. The first-order valence-electron chi connectivity index (χ1n) is 7.23. The fraction of sp³-hybridized carbons (Fsp3) is 0.400. The summed E-state index contributed by atoms with van der Waals surface area (Å²) in [7, 11) is 0. The van der Waals surface area contributed by atoms with Gasteiger partial charge in [-0.25, -0.2) is 4.39 Å². The van der Waals surface area contributed by atoms with E-state index in [1.807, 2.05) is 13.0 Å². The highest BCUT2D eigenvalue weighted by Crippen LogP contribution is 2.24. The van der Waals surface area contributed by atoms with Crippen LogP contribution in [0.1, 0.15) is 28.1 Å². The minimum Gasteiger partial charge on any atom is -0.369 e. The lowest BCUT2D eigenvalue weighted by Crippen LogP contribution is -2.47. The van der Waals surface area contributed by atoms with Crippen LogP contribution in [0.15, 0.2) is 24.4 Å². The lowest BCUT2D eigenvalue weighted by atomic mass is 10.0. The number of aromatic nitrogens is 2. The van der Waals surface area contributed by atoms with E-state index in [1.165, 1.54) is 12.3 Å². The van der Waals surface area contributed by atoms with Crippen molar-refractivity contribution >= 4 is 23.1 Å². The van der Waals surface area contributed by atoms with E-state index in [4.69, 9.17) is 0 Å². The first-order valence-corrected chi connectivity index (χ1v) is 8.00. The Balaban J connectivity index is 1.67. The summed E-state index contributed by atoms with van der Waals surface area (Å²) in [6, 6.07) is 4.91. The number of aryl methyl sites for hydroxylation is 1. The third-order valence-corrected chi connectivity index (χ3v) is 4.50. The number of anilines is 1. The number of halogens is 1. The predicted molar refractivity (Wildman–Crippen MR) is 83.7 cm³/mol. The summed E-state index contributed by atoms with van der Waals surface area (Å²) in [5.41, 5.74) is 1.94. The average molecular weight is 320 g/mol. The highest BCUT2D eigenvalue weighted by molar-refractivity contribution is 7.07. The minimum absolute atomic E-state index is 0.0767. The molecule has 22 heavy (non-hydrogen) atoms. The van der Waals surface area contributed by atoms with Crippen molar-refractivity contribution in [3.63, 3.8) is 0 Å². The first-order chi connectivity index (χ1) is 10.6. The van der Waals surface area contributed by atoms with Gasteiger partial charge in [0.05, 0.1) is 6.20 Å². The van der Waals surface area contributed by atoms with E-state index in [9.17, 15) is 9.18 Å². The smallest absolute Gasteiger partial charge is 0.264 e. The molecule has 1 amide bonds. The van der Waals surface area contributed by atoms with Gasteiger partial charge in [0.1, 0.15) is 10.7 Å². The van der Waals surface area contributed by atoms with Crippen LogP contribution in [0, 0.1) is 12.7 Å². The lowest BCUT2D eigenvalue weighted by Gasteiger charge is -2.35. The molecule has 0 radical (unpaired) electrons. The normalized spacial score (nSPS) is 18.3. The van der Waals surface area contributed by atoms with E-state index in [0.717, 1.165) is 48.7 Å². The fourth-order valence-electron chi connectivity index (χ4n) is 2.81. The Morgan fingerprint density at radius 1 is 1.50 bits per heavy atom. The van der Waals surface area contributed by atoms with Crippen molar-refractivity contribution in [3.8, 4) is 0 Å². The number of nitrogens with zero attached hydrogens (tertiary/aromatic N) is 3. The van der Waals surface area contributed by atoms with E-state index >= 15 is 0 Å². The first kappa shape index (κ1) is 14.9. The molecule has 1 N–H and O–H groups in total. The molecule has 1 atom stereocenters. The Morgan fingerprint density at radius 3 is 3.09 bits per heavy atom. The van der Waals surface area contributed by atoms with Crippen molar-refractivity contribution in [1.29, 1.82) is 0 Å². The number of piperidine rings is 1. The zero-order valence-corrected chi connectivity index (χ0v) is 13.1. The van der Waals surface area contributed by atoms with Crippen LogP contribution < -0.4 is 10.2 Å². The molecule has 1 fully saturated rings. The maximum absolute atomic E-state index is 13.2. The SMILES string of the molecule is Cc1cc(F)ccc1N1CCCC(NC(=O)c2cnns2)C1. The van der Waals surface area contributed by atoms with Gasteiger partial charge in [-0.2, -0.15) is 0 Å². The van der Waals surface area contributed by atoms with Gasteiger partial charge >= 0.3 is 0 Å². The molecule has 0 bridgehead atoms. The second-order valence-electron chi connectivity index (χ2n) is 5.47. The zero-order chi connectivity index (χ0) is 15.5. The lowest BCUT2D eigenvalue weighted by molar-refractivity contribution is 0.0937. The van der Waals surface area contributed by atoms with Crippen LogP contribution in [0.4, 0.5) is 10.1 Å². The highest BCUT2D eigenvalue weighted by Gasteiger charge is 2.23. The van der Waals surface area contributed by atoms with Crippen molar-refractivity contribution in [1.82, 2.24) is 14.9 Å². The molecule has 0 saturated carbocycles.